The van der Waals surface area contributed by atoms with E-state index in [1.54, 1.807) is 6.20 Å². The highest BCUT2D eigenvalue weighted by Crippen LogP contribution is 2.23. The molecule has 3 aromatic rings. The lowest BCUT2D eigenvalue weighted by Crippen LogP contribution is -2.48. The highest BCUT2D eigenvalue weighted by atomic mass is 19.2. The number of likely N-dealkylation sites (tertiary alicyclic amines) is 1. The van der Waals surface area contributed by atoms with Gasteiger partial charge in [0.2, 0.25) is 5.91 Å². The molecule has 0 aliphatic carbocycles. The highest BCUT2D eigenvalue weighted by molar-refractivity contribution is 5.92. The molecule has 0 saturated carbocycles. The summed E-state index contributed by atoms with van der Waals surface area (Å²) in [5.41, 5.74) is 7.33. The van der Waals surface area contributed by atoms with Crippen molar-refractivity contribution in [2.45, 2.75) is 64.1 Å². The number of aryl methyl sites for hydroxylation is 1. The fourth-order valence-electron chi connectivity index (χ4n) is 4.96. The Morgan fingerprint density at radius 3 is 2.50 bits per heavy atom. The lowest BCUT2D eigenvalue weighted by molar-refractivity contribution is -0.128. The molecule has 190 valence electrons. The zero-order chi connectivity index (χ0) is 25.8. The number of nitrogens with zero attached hydrogens (tertiary/aromatic N) is 2. The van der Waals surface area contributed by atoms with Crippen LogP contribution in [-0.2, 0) is 22.4 Å². The zero-order valence-electron chi connectivity index (χ0n) is 20.6. The van der Waals surface area contributed by atoms with Gasteiger partial charge in [0.05, 0.1) is 12.6 Å². The molecule has 36 heavy (non-hydrogen) atoms. The molecular weight excluding hydrogens is 462 g/mol. The van der Waals surface area contributed by atoms with E-state index in [9.17, 15) is 18.4 Å². The average Bonchev–Trinajstić information content (AvgIpc) is 3.16. The number of amides is 1. The van der Waals surface area contributed by atoms with Crippen LogP contribution in [0.3, 0.4) is 0 Å². The molecule has 3 N–H and O–H groups in total. The van der Waals surface area contributed by atoms with E-state index in [2.05, 4.69) is 29.0 Å². The number of rotatable bonds is 9. The van der Waals surface area contributed by atoms with Crippen molar-refractivity contribution in [3.05, 3.63) is 71.4 Å². The molecule has 1 aromatic heterocycles. The van der Waals surface area contributed by atoms with Gasteiger partial charge in [0.1, 0.15) is 5.82 Å². The summed E-state index contributed by atoms with van der Waals surface area (Å²) in [7, 11) is 0. The van der Waals surface area contributed by atoms with Gasteiger partial charge in [0.25, 0.3) is 0 Å². The first-order valence-corrected chi connectivity index (χ1v) is 12.4. The second kappa shape index (κ2) is 11.1. The fraction of sp³-hybridized carbons (Fsp3) is 0.393. The van der Waals surface area contributed by atoms with Crippen LogP contribution < -0.4 is 11.1 Å². The molecule has 2 aromatic carbocycles. The molecule has 0 spiro atoms. The summed E-state index contributed by atoms with van der Waals surface area (Å²) in [5.74, 6) is -1.88. The highest BCUT2D eigenvalue weighted by Gasteiger charge is 2.30. The second-order valence-electron chi connectivity index (χ2n) is 9.74. The third-order valence-corrected chi connectivity index (χ3v) is 7.13. The molecule has 1 aliphatic rings. The van der Waals surface area contributed by atoms with E-state index < -0.39 is 17.7 Å². The summed E-state index contributed by atoms with van der Waals surface area (Å²) < 4.78 is 27.2. The lowest BCUT2D eigenvalue weighted by Gasteiger charge is -2.26. The van der Waals surface area contributed by atoms with Gasteiger partial charge >= 0.3 is 0 Å². The van der Waals surface area contributed by atoms with Gasteiger partial charge in [-0.05, 0) is 74.2 Å². The van der Waals surface area contributed by atoms with Crippen LogP contribution >= 0.6 is 0 Å². The van der Waals surface area contributed by atoms with Gasteiger partial charge in [-0.1, -0.05) is 24.3 Å². The molecule has 1 amide bonds. The topological polar surface area (TPSA) is 88.3 Å². The number of ketones is 1. The summed E-state index contributed by atoms with van der Waals surface area (Å²) >= 11 is 0. The number of hydrogen-bond donors (Lipinski definition) is 2. The summed E-state index contributed by atoms with van der Waals surface area (Å²) in [6.07, 6.45) is 4.45. The van der Waals surface area contributed by atoms with Gasteiger partial charge in [-0.25, -0.2) is 13.8 Å². The number of fused-ring (bicyclic) bond motifs is 1. The normalized spacial score (nSPS) is 18.9. The molecule has 0 radical (unpaired) electrons. The molecule has 1 aliphatic heterocycles. The maximum absolute atomic E-state index is 13.8. The van der Waals surface area contributed by atoms with Crippen LogP contribution in [0, 0.1) is 11.6 Å². The number of anilines is 1. The smallest absolute Gasteiger partial charge is 0.234 e. The van der Waals surface area contributed by atoms with Crippen LogP contribution in [0.5, 0.6) is 0 Å². The van der Waals surface area contributed by atoms with E-state index in [-0.39, 0.29) is 31.1 Å². The standard InChI is InChI=1S/C28H32F2N4O2/c1-17-3-4-18(2)34(17)16-27(36)33-25(15-20-6-9-23(29)24(30)14-20)26(35)10-7-19-5-8-22-21(13-19)11-12-32-28(22)31/h5-6,8-9,11-14,17-18,25H,3-4,7,10,15-16H2,1-2H3,(H2,31,32)(H,33,36)/t17-,18-,25-/m0/s1. The van der Waals surface area contributed by atoms with Crippen molar-refractivity contribution < 1.29 is 18.4 Å². The predicted molar refractivity (Wildman–Crippen MR) is 136 cm³/mol. The van der Waals surface area contributed by atoms with E-state index in [0.717, 1.165) is 41.3 Å². The van der Waals surface area contributed by atoms with Gasteiger partial charge in [-0.2, -0.15) is 0 Å². The second-order valence-corrected chi connectivity index (χ2v) is 9.74. The molecule has 3 atom stereocenters. The minimum absolute atomic E-state index is 0.0901. The van der Waals surface area contributed by atoms with E-state index in [1.165, 1.54) is 6.07 Å². The van der Waals surface area contributed by atoms with Crippen LogP contribution in [0.1, 0.15) is 44.2 Å². The number of nitrogen functional groups attached to an aromatic ring is 1. The Kier molecular flexibility index (Phi) is 7.94. The summed E-state index contributed by atoms with van der Waals surface area (Å²) in [4.78, 5) is 32.4. The number of pyridine rings is 1. The third-order valence-electron chi connectivity index (χ3n) is 7.13. The first-order valence-electron chi connectivity index (χ1n) is 12.4. The fourth-order valence-corrected chi connectivity index (χ4v) is 4.96. The minimum atomic E-state index is -0.977. The Labute approximate surface area is 209 Å². The summed E-state index contributed by atoms with van der Waals surface area (Å²) in [6, 6.07) is 10.9. The van der Waals surface area contributed by atoms with Gasteiger partial charge < -0.3 is 11.1 Å². The van der Waals surface area contributed by atoms with Crippen LogP contribution in [0.2, 0.25) is 0 Å². The quantitative estimate of drug-likeness (QED) is 0.466. The van der Waals surface area contributed by atoms with Crippen molar-refractivity contribution in [3.63, 3.8) is 0 Å². The molecule has 0 unspecified atom stereocenters. The average molecular weight is 495 g/mol. The number of nitrogens with one attached hydrogen (secondary N) is 1. The van der Waals surface area contributed by atoms with Crippen molar-refractivity contribution in [2.75, 3.05) is 12.3 Å². The molecule has 1 saturated heterocycles. The number of aromatic nitrogens is 1. The minimum Gasteiger partial charge on any atom is -0.383 e. The Morgan fingerprint density at radius 1 is 1.06 bits per heavy atom. The maximum atomic E-state index is 13.8. The number of carbonyl (C=O) groups excluding carboxylic acids is 2. The van der Waals surface area contributed by atoms with Crippen molar-refractivity contribution in [1.82, 2.24) is 15.2 Å². The van der Waals surface area contributed by atoms with Gasteiger partial charge in [0, 0.05) is 30.1 Å². The summed E-state index contributed by atoms with van der Waals surface area (Å²) in [5, 5.41) is 4.66. The monoisotopic (exact) mass is 494 g/mol. The molecule has 6 nitrogen and oxygen atoms in total. The van der Waals surface area contributed by atoms with Crippen molar-refractivity contribution >= 4 is 28.3 Å². The van der Waals surface area contributed by atoms with Gasteiger partial charge in [-0.15, -0.1) is 0 Å². The maximum Gasteiger partial charge on any atom is 0.234 e. The van der Waals surface area contributed by atoms with E-state index in [4.69, 9.17) is 5.73 Å². The third kappa shape index (κ3) is 6.05. The number of halogens is 2. The molecule has 0 bridgehead atoms. The zero-order valence-corrected chi connectivity index (χ0v) is 20.6. The van der Waals surface area contributed by atoms with Gasteiger partial charge in [-0.3, -0.25) is 14.5 Å². The molecule has 8 heteroatoms. The summed E-state index contributed by atoms with van der Waals surface area (Å²) in [6.45, 7) is 4.38. The van der Waals surface area contributed by atoms with Crippen LogP contribution in [0.15, 0.2) is 48.7 Å². The Balaban J connectivity index is 1.46. The van der Waals surface area contributed by atoms with Crippen LogP contribution in [0.25, 0.3) is 10.8 Å². The first kappa shape index (κ1) is 25.7. The number of nitrogens with two attached hydrogens (primary N) is 1. The first-order chi connectivity index (χ1) is 17.2. The predicted octanol–water partition coefficient (Wildman–Crippen LogP) is 4.20. The molecular formula is C28H32F2N4O2. The van der Waals surface area contributed by atoms with Crippen LogP contribution in [-0.4, -0.2) is 46.2 Å². The largest absolute Gasteiger partial charge is 0.383 e. The van der Waals surface area contributed by atoms with E-state index in [1.807, 2.05) is 24.3 Å². The van der Waals surface area contributed by atoms with Crippen molar-refractivity contribution in [2.24, 2.45) is 0 Å². The van der Waals surface area contributed by atoms with Gasteiger partial charge in [0.15, 0.2) is 17.4 Å². The van der Waals surface area contributed by atoms with Crippen molar-refractivity contribution in [1.29, 1.82) is 0 Å². The number of Topliss-reactive ketones (excluding diaryl/α,β-unsaturated/α-hetero) is 1. The van der Waals surface area contributed by atoms with Crippen LogP contribution in [0.4, 0.5) is 14.6 Å². The molecule has 2 heterocycles. The SMILES string of the molecule is C[C@H]1CC[C@H](C)N1CC(=O)N[C@@H](Cc1ccc(F)c(F)c1)C(=O)CCc1ccc2c(N)nccc2c1. The Hall–Kier alpha value is -3.39. The van der Waals surface area contributed by atoms with Crippen molar-refractivity contribution in [3.8, 4) is 0 Å². The van der Waals surface area contributed by atoms with E-state index >= 15 is 0 Å². The number of hydrogen-bond acceptors (Lipinski definition) is 5. The Morgan fingerprint density at radius 2 is 1.78 bits per heavy atom. The lowest BCUT2D eigenvalue weighted by atomic mass is 9.96. The molecule has 4 rings (SSSR count). The van der Waals surface area contributed by atoms with E-state index in [0.29, 0.717) is 29.9 Å². The Bertz CT molecular complexity index is 1260. The molecule has 1 fully saturated rings. The number of benzene rings is 2. The number of carbonyl (C=O) groups is 2.